The molecule has 0 saturated heterocycles. The molecular formula is C16H15N3O4S. The molecule has 2 rings (SSSR count). The van der Waals surface area contributed by atoms with E-state index in [0.717, 1.165) is 10.1 Å². The van der Waals surface area contributed by atoms with Gasteiger partial charge in [0.05, 0.1) is 18.9 Å². The monoisotopic (exact) mass is 345 g/mol. The molecule has 0 aliphatic carbocycles. The van der Waals surface area contributed by atoms with Crippen molar-refractivity contribution >= 4 is 45.1 Å². The minimum absolute atomic E-state index is 0.130. The highest BCUT2D eigenvalue weighted by molar-refractivity contribution is 7.20. The largest absolute Gasteiger partial charge is 0.462 e. The van der Waals surface area contributed by atoms with Gasteiger partial charge in [0.1, 0.15) is 5.57 Å². The highest BCUT2D eigenvalue weighted by Crippen LogP contribution is 2.39. The van der Waals surface area contributed by atoms with Crippen molar-refractivity contribution in [3.05, 3.63) is 45.2 Å². The lowest BCUT2D eigenvalue weighted by Gasteiger charge is -2.06. The lowest BCUT2D eigenvalue weighted by Crippen LogP contribution is -2.18. The Morgan fingerprint density at radius 1 is 1.21 bits per heavy atom. The summed E-state index contributed by atoms with van der Waals surface area (Å²) in [6.45, 7) is 3.55. The Hall–Kier alpha value is -2.83. The van der Waals surface area contributed by atoms with Gasteiger partial charge in [-0.25, -0.2) is 9.59 Å². The van der Waals surface area contributed by atoms with E-state index in [0.29, 0.717) is 10.6 Å². The molecule has 0 saturated carbocycles. The van der Waals surface area contributed by atoms with Crippen LogP contribution < -0.4 is 0 Å². The zero-order valence-corrected chi connectivity index (χ0v) is 14.0. The van der Waals surface area contributed by atoms with Gasteiger partial charge < -0.3 is 9.47 Å². The highest BCUT2D eigenvalue weighted by atomic mass is 32.1. The van der Waals surface area contributed by atoms with Gasteiger partial charge in [-0.05, 0) is 31.5 Å². The molecule has 8 heteroatoms. The number of nitrogens with zero attached hydrogens (tertiary/aromatic N) is 3. The molecular weight excluding hydrogens is 330 g/mol. The van der Waals surface area contributed by atoms with Gasteiger partial charge in [-0.2, -0.15) is 0 Å². The van der Waals surface area contributed by atoms with E-state index >= 15 is 0 Å². The molecule has 0 radical (unpaired) electrons. The Kier molecular flexibility index (Phi) is 5.95. The van der Waals surface area contributed by atoms with Crippen LogP contribution in [0.25, 0.3) is 26.6 Å². The molecule has 0 unspecified atom stereocenters. The fourth-order valence-corrected chi connectivity index (χ4v) is 3.13. The van der Waals surface area contributed by atoms with Gasteiger partial charge in [0, 0.05) is 19.9 Å². The van der Waals surface area contributed by atoms with E-state index in [1.54, 1.807) is 13.8 Å². The number of fused-ring (bicyclic) bond motifs is 1. The number of ether oxygens (including phenoxy) is 2. The van der Waals surface area contributed by atoms with Crippen molar-refractivity contribution in [1.82, 2.24) is 0 Å². The van der Waals surface area contributed by atoms with Gasteiger partial charge >= 0.3 is 11.9 Å². The molecule has 0 aliphatic heterocycles. The van der Waals surface area contributed by atoms with E-state index in [-0.39, 0.29) is 18.8 Å². The third kappa shape index (κ3) is 3.73. The van der Waals surface area contributed by atoms with E-state index in [2.05, 4.69) is 10.0 Å². The van der Waals surface area contributed by atoms with Crippen LogP contribution in [0.15, 0.2) is 35.0 Å². The second-order valence-corrected chi connectivity index (χ2v) is 5.58. The predicted molar refractivity (Wildman–Crippen MR) is 91.9 cm³/mol. The number of benzene rings is 1. The number of hydrogen-bond donors (Lipinski definition) is 0. The van der Waals surface area contributed by atoms with Gasteiger partial charge in [0.2, 0.25) is 0 Å². The van der Waals surface area contributed by atoms with E-state index in [9.17, 15) is 9.59 Å². The van der Waals surface area contributed by atoms with Gasteiger partial charge in [-0.1, -0.05) is 23.3 Å². The molecule has 0 fully saturated rings. The van der Waals surface area contributed by atoms with Crippen molar-refractivity contribution < 1.29 is 19.1 Å². The maximum Gasteiger partial charge on any atom is 0.345 e. The molecule has 2 aromatic rings. The van der Waals surface area contributed by atoms with Gasteiger partial charge in [-0.15, -0.1) is 11.3 Å². The predicted octanol–water partition coefficient (Wildman–Crippen LogP) is 4.35. The second kappa shape index (κ2) is 8.14. The Morgan fingerprint density at radius 2 is 1.83 bits per heavy atom. The number of carbonyl (C=O) groups excluding carboxylic acids is 2. The molecule has 124 valence electrons. The summed E-state index contributed by atoms with van der Waals surface area (Å²) in [5.74, 6) is -1.56. The third-order valence-corrected chi connectivity index (χ3v) is 4.11. The first kappa shape index (κ1) is 17.5. The minimum atomic E-state index is -0.778. The molecule has 1 aromatic carbocycles. The Labute approximate surface area is 142 Å². The molecule has 24 heavy (non-hydrogen) atoms. The first-order chi connectivity index (χ1) is 11.6. The Morgan fingerprint density at radius 3 is 2.42 bits per heavy atom. The summed E-state index contributed by atoms with van der Waals surface area (Å²) in [4.78, 5) is 27.4. The van der Waals surface area contributed by atoms with Gasteiger partial charge in [-0.3, -0.25) is 0 Å². The average molecular weight is 345 g/mol. The molecule has 0 N–H and O–H groups in total. The summed E-state index contributed by atoms with van der Waals surface area (Å²) >= 11 is 1.31. The van der Waals surface area contributed by atoms with E-state index < -0.39 is 11.9 Å². The van der Waals surface area contributed by atoms with Crippen molar-refractivity contribution in [2.75, 3.05) is 13.2 Å². The number of thiophene rings is 1. The quantitative estimate of drug-likeness (QED) is 0.148. The Balaban J connectivity index is 2.61. The maximum atomic E-state index is 12.1. The number of carbonyl (C=O) groups is 2. The highest BCUT2D eigenvalue weighted by Gasteiger charge is 2.22. The number of azide groups is 1. The summed E-state index contributed by atoms with van der Waals surface area (Å²) < 4.78 is 10.7. The van der Waals surface area contributed by atoms with E-state index in [1.807, 2.05) is 24.3 Å². The molecule has 1 aromatic heterocycles. The second-order valence-electron chi connectivity index (χ2n) is 4.50. The van der Waals surface area contributed by atoms with Crippen LogP contribution in [0.1, 0.15) is 18.7 Å². The fraction of sp³-hybridized carbons (Fsp3) is 0.250. The van der Waals surface area contributed by atoms with Crippen LogP contribution in [0.3, 0.4) is 0 Å². The van der Waals surface area contributed by atoms with Crippen molar-refractivity contribution in [3.8, 4) is 0 Å². The van der Waals surface area contributed by atoms with Gasteiger partial charge in [0.25, 0.3) is 0 Å². The van der Waals surface area contributed by atoms with Crippen molar-refractivity contribution in [2.45, 2.75) is 13.8 Å². The van der Waals surface area contributed by atoms with Gasteiger partial charge in [0.15, 0.2) is 0 Å². The Bertz CT molecular complexity index is 830. The van der Waals surface area contributed by atoms with Crippen LogP contribution in [-0.4, -0.2) is 25.2 Å². The summed E-state index contributed by atoms with van der Waals surface area (Å²) in [6.07, 6.45) is 1.35. The zero-order chi connectivity index (χ0) is 17.5. The lowest BCUT2D eigenvalue weighted by atomic mass is 10.2. The average Bonchev–Trinajstić information content (AvgIpc) is 2.91. The zero-order valence-electron chi connectivity index (χ0n) is 13.2. The standard InChI is InChI=1S/C16H15N3O4S/c1-3-22-15(20)11(16(21)23-4-2)9-13-14(18-19-17)10-7-5-6-8-12(10)24-13/h5-9H,3-4H2,1-2H3. The van der Waals surface area contributed by atoms with Crippen molar-refractivity contribution in [3.63, 3.8) is 0 Å². The van der Waals surface area contributed by atoms with Crippen LogP contribution in [0.2, 0.25) is 0 Å². The van der Waals surface area contributed by atoms with Crippen LogP contribution in [0.5, 0.6) is 0 Å². The van der Waals surface area contributed by atoms with Crippen molar-refractivity contribution in [2.24, 2.45) is 5.11 Å². The summed E-state index contributed by atoms with van der Waals surface area (Å²) in [5.41, 5.74) is 8.93. The summed E-state index contributed by atoms with van der Waals surface area (Å²) in [7, 11) is 0. The van der Waals surface area contributed by atoms with E-state index in [1.165, 1.54) is 17.4 Å². The molecule has 0 amide bonds. The number of rotatable bonds is 6. The molecule has 0 bridgehead atoms. The smallest absolute Gasteiger partial charge is 0.345 e. The van der Waals surface area contributed by atoms with Crippen LogP contribution in [0, 0.1) is 0 Å². The van der Waals surface area contributed by atoms with Crippen LogP contribution in [0.4, 0.5) is 5.69 Å². The first-order valence-corrected chi connectivity index (χ1v) is 8.06. The lowest BCUT2D eigenvalue weighted by molar-refractivity contribution is -0.146. The normalized spacial score (nSPS) is 9.92. The molecule has 1 heterocycles. The molecule has 7 nitrogen and oxygen atoms in total. The number of hydrogen-bond acceptors (Lipinski definition) is 6. The molecule has 0 spiro atoms. The van der Waals surface area contributed by atoms with Crippen molar-refractivity contribution in [1.29, 1.82) is 0 Å². The molecule has 0 atom stereocenters. The summed E-state index contributed by atoms with van der Waals surface area (Å²) in [6, 6.07) is 7.34. The van der Waals surface area contributed by atoms with Crippen LogP contribution >= 0.6 is 11.3 Å². The molecule has 0 aliphatic rings. The topological polar surface area (TPSA) is 101 Å². The summed E-state index contributed by atoms with van der Waals surface area (Å²) in [5, 5.41) is 4.45. The minimum Gasteiger partial charge on any atom is -0.462 e. The number of esters is 2. The van der Waals surface area contributed by atoms with E-state index in [4.69, 9.17) is 15.0 Å². The maximum absolute atomic E-state index is 12.1. The third-order valence-electron chi connectivity index (χ3n) is 3.01. The van der Waals surface area contributed by atoms with Crippen LogP contribution in [-0.2, 0) is 19.1 Å². The fourth-order valence-electron chi connectivity index (χ4n) is 2.05. The SMILES string of the molecule is CCOC(=O)C(=Cc1sc2ccccc2c1N=[N+]=[N-])C(=O)OCC. The first-order valence-electron chi connectivity index (χ1n) is 7.24.